The van der Waals surface area contributed by atoms with Crippen molar-refractivity contribution in [2.24, 2.45) is 5.73 Å². The number of benzene rings is 2. The molecule has 12 heteroatoms. The molecule has 2 aromatic carbocycles. The van der Waals surface area contributed by atoms with E-state index >= 15 is 0 Å². The van der Waals surface area contributed by atoms with Gasteiger partial charge in [-0.25, -0.2) is 14.3 Å². The fourth-order valence-corrected chi connectivity index (χ4v) is 3.32. The lowest BCUT2D eigenvalue weighted by Crippen LogP contribution is -2.53. The molecule has 32 heavy (non-hydrogen) atoms. The monoisotopic (exact) mass is 481 g/mol. The zero-order valence-electron chi connectivity index (χ0n) is 15.8. The van der Waals surface area contributed by atoms with Gasteiger partial charge in [-0.1, -0.05) is 29.3 Å². The van der Waals surface area contributed by atoms with E-state index in [9.17, 15) is 34.4 Å². The van der Waals surface area contributed by atoms with Gasteiger partial charge in [0.15, 0.2) is 11.6 Å². The van der Waals surface area contributed by atoms with Crippen LogP contribution in [0.1, 0.15) is 20.7 Å². The van der Waals surface area contributed by atoms with Crippen molar-refractivity contribution in [3.8, 4) is 16.9 Å². The fourth-order valence-electron chi connectivity index (χ4n) is 2.85. The number of aliphatic hydroxyl groups is 3. The number of anilines is 1. The first kappa shape index (κ1) is 23.4. The molecule has 1 heterocycles. The summed E-state index contributed by atoms with van der Waals surface area (Å²) in [6, 6.07) is 8.37. The van der Waals surface area contributed by atoms with Crippen molar-refractivity contribution in [3.63, 3.8) is 0 Å². The minimum absolute atomic E-state index is 0.110. The summed E-state index contributed by atoms with van der Waals surface area (Å²) in [5, 5.41) is 39.4. The molecule has 9 nitrogen and oxygen atoms in total. The molecular formula is C20H14Cl2FN3O6. The summed E-state index contributed by atoms with van der Waals surface area (Å²) in [6.07, 6.45) is -2.84. The molecule has 2 amide bonds. The van der Waals surface area contributed by atoms with Crippen LogP contribution >= 0.6 is 23.2 Å². The van der Waals surface area contributed by atoms with Crippen LogP contribution in [0, 0.1) is 5.82 Å². The summed E-state index contributed by atoms with van der Waals surface area (Å²) < 4.78 is 14.2. The van der Waals surface area contributed by atoms with Gasteiger partial charge in [0.25, 0.3) is 5.91 Å². The number of aromatic hydroxyl groups is 1. The molecule has 0 unspecified atom stereocenters. The van der Waals surface area contributed by atoms with E-state index in [1.54, 1.807) is 0 Å². The second-order valence-corrected chi connectivity index (χ2v) is 7.28. The summed E-state index contributed by atoms with van der Waals surface area (Å²) in [6.45, 7) is 0. The Hall–Kier alpha value is -3.28. The van der Waals surface area contributed by atoms with Gasteiger partial charge >= 0.3 is 6.10 Å². The maximum Gasteiger partial charge on any atom is 0.377 e. The highest BCUT2D eigenvalue weighted by Crippen LogP contribution is 2.36. The number of carbonyl (C=O) groups is 2. The van der Waals surface area contributed by atoms with Crippen molar-refractivity contribution in [2.75, 3.05) is 4.90 Å². The molecule has 0 aliphatic rings. The van der Waals surface area contributed by atoms with Crippen molar-refractivity contribution in [1.29, 1.82) is 0 Å². The number of hydrogen-bond acceptors (Lipinski definition) is 7. The zero-order chi connectivity index (χ0) is 23.8. The number of aromatic nitrogens is 1. The lowest BCUT2D eigenvalue weighted by atomic mass is 10.0. The summed E-state index contributed by atoms with van der Waals surface area (Å²) >= 11 is 12.0. The van der Waals surface area contributed by atoms with Gasteiger partial charge in [-0.3, -0.25) is 9.59 Å². The third-order valence-electron chi connectivity index (χ3n) is 4.30. The van der Waals surface area contributed by atoms with E-state index in [2.05, 4.69) is 4.98 Å². The number of primary amides is 1. The molecule has 1 aromatic heterocycles. The highest BCUT2D eigenvalue weighted by atomic mass is 35.5. The second-order valence-electron chi connectivity index (χ2n) is 6.46. The first-order valence-electron chi connectivity index (χ1n) is 8.66. The summed E-state index contributed by atoms with van der Waals surface area (Å²) in [4.78, 5) is 27.8. The molecule has 0 saturated heterocycles. The number of nitrogens with two attached hydrogens (primary N) is 1. The number of amides is 2. The van der Waals surface area contributed by atoms with Gasteiger partial charge in [0.2, 0.25) is 5.91 Å². The third-order valence-corrected chi connectivity index (χ3v) is 4.95. The number of pyridine rings is 1. The van der Waals surface area contributed by atoms with Crippen molar-refractivity contribution in [1.82, 2.24) is 4.98 Å². The van der Waals surface area contributed by atoms with Gasteiger partial charge < -0.3 is 26.2 Å². The van der Waals surface area contributed by atoms with Crippen LogP contribution in [-0.4, -0.2) is 43.3 Å². The minimum Gasteiger partial charge on any atom is -0.504 e. The molecule has 0 aliphatic heterocycles. The molecule has 0 saturated carbocycles. The Morgan fingerprint density at radius 3 is 2.31 bits per heavy atom. The predicted molar refractivity (Wildman–Crippen MR) is 112 cm³/mol. The van der Waals surface area contributed by atoms with Crippen LogP contribution in [0.5, 0.6) is 5.75 Å². The summed E-state index contributed by atoms with van der Waals surface area (Å²) in [5.74, 6) is -5.04. The Morgan fingerprint density at radius 1 is 1.06 bits per heavy atom. The summed E-state index contributed by atoms with van der Waals surface area (Å²) in [7, 11) is 0. The molecule has 3 rings (SSSR count). The topological polar surface area (TPSA) is 157 Å². The molecule has 6 N–H and O–H groups in total. The van der Waals surface area contributed by atoms with Crippen molar-refractivity contribution >= 4 is 40.8 Å². The van der Waals surface area contributed by atoms with Crippen molar-refractivity contribution < 1.29 is 34.4 Å². The maximum atomic E-state index is 14.2. The largest absolute Gasteiger partial charge is 0.504 e. The van der Waals surface area contributed by atoms with E-state index in [0.29, 0.717) is 0 Å². The molecular weight excluding hydrogens is 468 g/mol. The van der Waals surface area contributed by atoms with Gasteiger partial charge in [-0.15, -0.1) is 0 Å². The zero-order valence-corrected chi connectivity index (χ0v) is 17.3. The Bertz CT molecular complexity index is 1210. The number of nitrogens with zero attached hydrogens (tertiary/aromatic N) is 2. The van der Waals surface area contributed by atoms with Gasteiger partial charge in [-0.05, 0) is 36.4 Å². The van der Waals surface area contributed by atoms with E-state index in [1.165, 1.54) is 24.3 Å². The van der Waals surface area contributed by atoms with Crippen LogP contribution in [0.4, 0.5) is 10.2 Å². The smallest absolute Gasteiger partial charge is 0.377 e. The Morgan fingerprint density at radius 2 is 1.75 bits per heavy atom. The predicted octanol–water partition coefficient (Wildman–Crippen LogP) is 2.23. The molecule has 3 aromatic rings. The molecule has 0 atom stereocenters. The van der Waals surface area contributed by atoms with Gasteiger partial charge in [0.05, 0.1) is 10.6 Å². The van der Waals surface area contributed by atoms with E-state index in [-0.39, 0.29) is 26.6 Å². The van der Waals surface area contributed by atoms with E-state index in [0.717, 1.165) is 24.4 Å². The Balaban J connectivity index is 2.12. The third kappa shape index (κ3) is 4.49. The SMILES string of the molecule is NC(=O)c1ccc(Cl)c(-c2cnc(N(C(=O)c3c(F)cccc3Cl)C(O)(O)O)c(O)c2)c1. The number of carbonyl (C=O) groups excluding carboxylic acids is 2. The van der Waals surface area contributed by atoms with Crippen LogP contribution in [0.2, 0.25) is 10.0 Å². The summed E-state index contributed by atoms with van der Waals surface area (Å²) in [5.41, 5.74) is 4.93. The molecule has 0 spiro atoms. The Kier molecular flexibility index (Phi) is 6.35. The lowest BCUT2D eigenvalue weighted by Gasteiger charge is -2.30. The van der Waals surface area contributed by atoms with Crippen LogP contribution in [0.15, 0.2) is 48.7 Å². The number of rotatable bonds is 5. The lowest BCUT2D eigenvalue weighted by molar-refractivity contribution is -0.304. The van der Waals surface area contributed by atoms with Crippen molar-refractivity contribution in [2.45, 2.75) is 6.10 Å². The van der Waals surface area contributed by atoms with Crippen LogP contribution in [-0.2, 0) is 0 Å². The van der Waals surface area contributed by atoms with Gasteiger partial charge in [-0.2, -0.15) is 0 Å². The molecule has 0 aliphatic carbocycles. The van der Waals surface area contributed by atoms with Crippen LogP contribution in [0.3, 0.4) is 0 Å². The molecule has 0 radical (unpaired) electrons. The van der Waals surface area contributed by atoms with E-state index < -0.39 is 45.9 Å². The average Bonchev–Trinajstić information content (AvgIpc) is 2.68. The normalized spacial score (nSPS) is 11.3. The van der Waals surface area contributed by atoms with Gasteiger partial charge in [0, 0.05) is 27.9 Å². The van der Waals surface area contributed by atoms with Crippen LogP contribution in [0.25, 0.3) is 11.1 Å². The first-order chi connectivity index (χ1) is 14.9. The van der Waals surface area contributed by atoms with Crippen LogP contribution < -0.4 is 10.6 Å². The highest BCUT2D eigenvalue weighted by Gasteiger charge is 2.40. The first-order valence-corrected chi connectivity index (χ1v) is 9.41. The second kappa shape index (κ2) is 8.69. The average molecular weight is 482 g/mol. The van der Waals surface area contributed by atoms with E-state index in [4.69, 9.17) is 28.9 Å². The van der Waals surface area contributed by atoms with E-state index in [1.807, 2.05) is 0 Å². The number of halogens is 3. The highest BCUT2D eigenvalue weighted by molar-refractivity contribution is 6.34. The van der Waals surface area contributed by atoms with Crippen molar-refractivity contribution in [3.05, 3.63) is 75.7 Å². The number of hydrogen-bond donors (Lipinski definition) is 5. The van der Waals surface area contributed by atoms with Gasteiger partial charge in [0.1, 0.15) is 5.82 Å². The fraction of sp³-hybridized carbons (Fsp3) is 0.0500. The molecule has 166 valence electrons. The molecule has 0 bridgehead atoms. The minimum atomic E-state index is -3.89. The Labute approximate surface area is 189 Å². The quantitative estimate of drug-likeness (QED) is 0.349. The maximum absolute atomic E-state index is 14.2. The standard InChI is InChI=1S/C20H14Cl2FN3O6/c21-12-5-4-9(17(24)28)6-11(12)10-7-15(27)18(25-8-10)26(20(30,31)32)19(29)16-13(22)2-1-3-14(16)23/h1-8,27,30-32H,(H2,24,28). The molecule has 0 fully saturated rings.